The zero-order valence-corrected chi connectivity index (χ0v) is 17.8. The molecule has 7 heteroatoms. The number of nitrogens with zero attached hydrogens (tertiary/aromatic N) is 4. The Bertz CT molecular complexity index is 1160. The second-order valence-corrected chi connectivity index (χ2v) is 8.84. The molecule has 0 spiro atoms. The van der Waals surface area contributed by atoms with E-state index in [0.29, 0.717) is 29.6 Å². The molecule has 30 heavy (non-hydrogen) atoms. The van der Waals surface area contributed by atoms with Crippen LogP contribution in [0.4, 0.5) is 4.39 Å². The van der Waals surface area contributed by atoms with Crippen LogP contribution >= 0.6 is 11.6 Å². The number of benzene rings is 2. The Labute approximate surface area is 180 Å². The zero-order chi connectivity index (χ0) is 21.0. The summed E-state index contributed by atoms with van der Waals surface area (Å²) < 4.78 is 15.5. The van der Waals surface area contributed by atoms with Gasteiger partial charge in [-0.15, -0.1) is 0 Å². The molecule has 0 aromatic heterocycles. The molecule has 2 aliphatic heterocycles. The van der Waals surface area contributed by atoms with E-state index >= 15 is 4.39 Å². The van der Waals surface area contributed by atoms with Crippen molar-refractivity contribution in [3.8, 4) is 0 Å². The normalized spacial score (nSPS) is 25.3. The third-order valence-corrected chi connectivity index (χ3v) is 6.50. The monoisotopic (exact) mass is 426 g/mol. The second kappa shape index (κ2) is 7.17. The topological polar surface area (TPSA) is 42.3 Å². The summed E-state index contributed by atoms with van der Waals surface area (Å²) in [6.07, 6.45) is 7.13. The predicted molar refractivity (Wildman–Crippen MR) is 115 cm³/mol. The number of fused-ring (bicyclic) bond motifs is 2. The summed E-state index contributed by atoms with van der Waals surface area (Å²) in [5.41, 5.74) is 0.715. The smallest absolute Gasteiger partial charge is 0.155 e. The maximum absolute atomic E-state index is 15.5. The van der Waals surface area contributed by atoms with Gasteiger partial charge in [0.1, 0.15) is 17.6 Å². The van der Waals surface area contributed by atoms with Gasteiger partial charge in [0.15, 0.2) is 5.82 Å². The first-order chi connectivity index (χ1) is 14.4. The number of hydrogen-bond acceptors (Lipinski definition) is 5. The van der Waals surface area contributed by atoms with Gasteiger partial charge in [0.25, 0.3) is 0 Å². The van der Waals surface area contributed by atoms with Crippen molar-refractivity contribution in [3.05, 3.63) is 74.5 Å². The van der Waals surface area contributed by atoms with Crippen LogP contribution in [0, 0.1) is 5.82 Å². The van der Waals surface area contributed by atoms with Crippen LogP contribution in [0.1, 0.15) is 23.1 Å². The Morgan fingerprint density at radius 1 is 1.27 bits per heavy atom. The van der Waals surface area contributed by atoms with E-state index in [2.05, 4.69) is 29.0 Å². The molecule has 2 atom stereocenters. The van der Waals surface area contributed by atoms with Crippen LogP contribution in [0.2, 0.25) is 5.02 Å². The number of halogens is 2. The molecule has 1 aliphatic carbocycles. The first-order valence-corrected chi connectivity index (χ1v) is 10.5. The highest BCUT2D eigenvalue weighted by Gasteiger charge is 2.35. The van der Waals surface area contributed by atoms with Crippen molar-refractivity contribution in [3.63, 3.8) is 0 Å². The maximum atomic E-state index is 15.5. The lowest BCUT2D eigenvalue weighted by Gasteiger charge is -2.49. The third kappa shape index (κ3) is 3.15. The molecule has 5 rings (SSSR count). The molecule has 5 nitrogen and oxygen atoms in total. The molecule has 2 aromatic rings. The summed E-state index contributed by atoms with van der Waals surface area (Å²) in [5.74, 6) is -0.458. The molecule has 0 amide bonds. The van der Waals surface area contributed by atoms with Crippen LogP contribution in [0.5, 0.6) is 0 Å². The van der Waals surface area contributed by atoms with E-state index in [1.165, 1.54) is 0 Å². The van der Waals surface area contributed by atoms with E-state index in [9.17, 15) is 5.11 Å². The van der Waals surface area contributed by atoms with Crippen molar-refractivity contribution in [2.24, 2.45) is 4.99 Å². The van der Waals surface area contributed by atoms with Gasteiger partial charge in [0.2, 0.25) is 0 Å². The first kappa shape index (κ1) is 19.7. The van der Waals surface area contributed by atoms with Gasteiger partial charge in [-0.25, -0.2) is 9.40 Å². The summed E-state index contributed by atoms with van der Waals surface area (Å²) in [6, 6.07) is 9.04. The molecule has 1 N–H and O–H groups in total. The van der Waals surface area contributed by atoms with Crippen molar-refractivity contribution in [2.75, 3.05) is 27.3 Å². The molecule has 0 radical (unpaired) electrons. The van der Waals surface area contributed by atoms with Crippen molar-refractivity contribution in [1.82, 2.24) is 14.9 Å². The quantitative estimate of drug-likeness (QED) is 0.816. The molecular weight excluding hydrogens is 403 g/mol. The van der Waals surface area contributed by atoms with Gasteiger partial charge in [0, 0.05) is 35.0 Å². The van der Waals surface area contributed by atoms with E-state index in [1.807, 2.05) is 29.4 Å². The van der Waals surface area contributed by atoms with Crippen LogP contribution < -0.4 is 10.6 Å². The van der Waals surface area contributed by atoms with Crippen LogP contribution in [-0.2, 0) is 12.0 Å². The highest BCUT2D eigenvalue weighted by atomic mass is 35.5. The Morgan fingerprint density at radius 2 is 2.10 bits per heavy atom. The minimum Gasteiger partial charge on any atom is -0.381 e. The number of aliphatic hydroxyl groups is 1. The van der Waals surface area contributed by atoms with Gasteiger partial charge in [-0.1, -0.05) is 35.9 Å². The third-order valence-electron chi connectivity index (χ3n) is 6.27. The fraction of sp³-hybridized carbons (Fsp3) is 0.348. The molecule has 3 aliphatic rings. The average Bonchev–Trinajstić information content (AvgIpc) is 2.67. The van der Waals surface area contributed by atoms with Gasteiger partial charge < -0.3 is 5.11 Å². The van der Waals surface area contributed by atoms with Crippen molar-refractivity contribution in [2.45, 2.75) is 24.6 Å². The minimum absolute atomic E-state index is 0.249. The summed E-state index contributed by atoms with van der Waals surface area (Å²) in [7, 11) is 4.12. The summed E-state index contributed by atoms with van der Waals surface area (Å²) >= 11 is 6.06. The van der Waals surface area contributed by atoms with Crippen LogP contribution in [0.25, 0.3) is 12.3 Å². The molecule has 2 heterocycles. The SMILES string of the molecule is CN(C)C1CCN1N1C=c2ccc(C3(O)C=Cc4cc(Cl)ccc4C3)c(F)c2=NC1. The Balaban J connectivity index is 1.49. The van der Waals surface area contributed by atoms with Crippen molar-refractivity contribution < 1.29 is 9.50 Å². The lowest BCUT2D eigenvalue weighted by molar-refractivity contribution is -0.127. The fourth-order valence-electron chi connectivity index (χ4n) is 4.51. The van der Waals surface area contributed by atoms with E-state index < -0.39 is 11.4 Å². The number of hydrazine groups is 1. The van der Waals surface area contributed by atoms with Gasteiger partial charge in [0.05, 0.1) is 6.17 Å². The lowest BCUT2D eigenvalue weighted by atomic mass is 9.81. The standard InChI is InChI=1S/C23H24ClFN4O/c1-27(2)20-8-10-29(20)28-13-17-4-6-19(21(25)22(17)26-14-28)23(30)9-7-15-11-18(24)5-3-16(15)12-23/h3-7,9,11,13,20,30H,8,10,12,14H2,1-2H3. The van der Waals surface area contributed by atoms with E-state index in [1.54, 1.807) is 24.3 Å². The second-order valence-electron chi connectivity index (χ2n) is 8.41. The van der Waals surface area contributed by atoms with Crippen molar-refractivity contribution in [1.29, 1.82) is 0 Å². The van der Waals surface area contributed by atoms with E-state index in [0.717, 1.165) is 29.3 Å². The Kier molecular flexibility index (Phi) is 4.71. The Morgan fingerprint density at radius 3 is 2.83 bits per heavy atom. The molecule has 2 unspecified atom stereocenters. The summed E-state index contributed by atoms with van der Waals surface area (Å²) in [5, 5.41) is 17.2. The van der Waals surface area contributed by atoms with Crippen LogP contribution in [0.15, 0.2) is 41.4 Å². The molecule has 2 aromatic carbocycles. The van der Waals surface area contributed by atoms with E-state index in [4.69, 9.17) is 11.6 Å². The average molecular weight is 427 g/mol. The molecular formula is C23H24ClFN4O. The van der Waals surface area contributed by atoms with Crippen molar-refractivity contribution >= 4 is 23.9 Å². The summed E-state index contributed by atoms with van der Waals surface area (Å²) in [4.78, 5) is 6.69. The van der Waals surface area contributed by atoms with Gasteiger partial charge in [-0.2, -0.15) is 0 Å². The van der Waals surface area contributed by atoms with Gasteiger partial charge in [-0.05, 0) is 49.9 Å². The maximum Gasteiger partial charge on any atom is 0.155 e. The lowest BCUT2D eigenvalue weighted by Crippen LogP contribution is -2.62. The van der Waals surface area contributed by atoms with Crippen LogP contribution in [0.3, 0.4) is 0 Å². The first-order valence-electron chi connectivity index (χ1n) is 10.1. The molecule has 1 fully saturated rings. The highest BCUT2D eigenvalue weighted by molar-refractivity contribution is 6.30. The van der Waals surface area contributed by atoms with Gasteiger partial charge in [-0.3, -0.25) is 14.9 Å². The van der Waals surface area contributed by atoms with Crippen LogP contribution in [-0.4, -0.2) is 53.5 Å². The molecule has 1 saturated heterocycles. The fourth-order valence-corrected chi connectivity index (χ4v) is 4.69. The van der Waals surface area contributed by atoms with Gasteiger partial charge >= 0.3 is 0 Å². The summed E-state index contributed by atoms with van der Waals surface area (Å²) in [6.45, 7) is 1.33. The largest absolute Gasteiger partial charge is 0.381 e. The zero-order valence-electron chi connectivity index (χ0n) is 17.0. The molecule has 0 bridgehead atoms. The Hall–Kier alpha value is -2.25. The number of hydrogen-bond donors (Lipinski definition) is 1. The highest BCUT2D eigenvalue weighted by Crippen LogP contribution is 2.35. The molecule has 156 valence electrons. The minimum atomic E-state index is -1.42. The predicted octanol–water partition coefficient (Wildman–Crippen LogP) is 2.08. The molecule has 0 saturated carbocycles. The van der Waals surface area contributed by atoms with E-state index in [-0.39, 0.29) is 5.56 Å². The number of rotatable bonds is 3.